The number of aliphatic imine (C=N–C) groups is 1. The molecule has 1 aliphatic carbocycles. The van der Waals surface area contributed by atoms with Crippen LogP contribution in [-0.4, -0.2) is 25.2 Å². The van der Waals surface area contributed by atoms with E-state index in [4.69, 9.17) is 0 Å². The van der Waals surface area contributed by atoms with Gasteiger partial charge < -0.3 is 5.32 Å². The molecule has 3 heteroatoms. The molecule has 0 radical (unpaired) electrons. The predicted molar refractivity (Wildman–Crippen MR) is 67.9 cm³/mol. The molecule has 0 spiro atoms. The lowest BCUT2D eigenvalue weighted by Gasteiger charge is -2.10. The molecule has 1 amide bonds. The molecule has 0 aromatic rings. The minimum absolute atomic E-state index is 0.225. The van der Waals surface area contributed by atoms with Crippen LogP contribution in [-0.2, 0) is 4.79 Å². The molecule has 0 aromatic heterocycles. The van der Waals surface area contributed by atoms with Gasteiger partial charge in [0.25, 0.3) is 0 Å². The maximum absolute atomic E-state index is 10.6. The number of nitrogens with zero attached hydrogens (tertiary/aromatic N) is 1. The highest BCUT2D eigenvalue weighted by molar-refractivity contribution is 5.84. The van der Waals surface area contributed by atoms with Gasteiger partial charge in [-0.05, 0) is 38.5 Å². The van der Waals surface area contributed by atoms with Crippen molar-refractivity contribution >= 4 is 11.6 Å². The van der Waals surface area contributed by atoms with E-state index in [1.165, 1.54) is 44.2 Å². The number of amides is 1. The summed E-state index contributed by atoms with van der Waals surface area (Å²) in [5.74, 6) is 0.225. The monoisotopic (exact) mass is 224 g/mol. The maximum Gasteiger partial charge on any atom is 0.219 e. The third kappa shape index (κ3) is 5.89. The van der Waals surface area contributed by atoms with Crippen molar-refractivity contribution in [3.63, 3.8) is 0 Å². The van der Waals surface area contributed by atoms with E-state index in [1.807, 2.05) is 7.05 Å². The van der Waals surface area contributed by atoms with Crippen LogP contribution in [0.5, 0.6) is 0 Å². The van der Waals surface area contributed by atoms with Crippen molar-refractivity contribution in [1.29, 1.82) is 0 Å². The predicted octanol–water partition coefficient (Wildman–Crippen LogP) is 2.70. The summed E-state index contributed by atoms with van der Waals surface area (Å²) in [7, 11) is 1.90. The average molecular weight is 224 g/mol. The highest BCUT2D eigenvalue weighted by atomic mass is 16.1. The van der Waals surface area contributed by atoms with Crippen molar-refractivity contribution in [1.82, 2.24) is 5.32 Å². The molecule has 1 saturated heterocycles. The summed E-state index contributed by atoms with van der Waals surface area (Å²) in [4.78, 5) is 14.7. The lowest BCUT2D eigenvalue weighted by molar-refractivity contribution is -0.120. The summed E-state index contributed by atoms with van der Waals surface area (Å²) in [6, 6.07) is 0. The van der Waals surface area contributed by atoms with Gasteiger partial charge in [-0.15, -0.1) is 0 Å². The van der Waals surface area contributed by atoms with Crippen molar-refractivity contribution in [2.75, 3.05) is 13.6 Å². The van der Waals surface area contributed by atoms with Crippen LogP contribution in [0.2, 0.25) is 0 Å². The van der Waals surface area contributed by atoms with Crippen LogP contribution in [0.25, 0.3) is 0 Å². The zero-order chi connectivity index (χ0) is 11.6. The Hall–Kier alpha value is -0.860. The summed E-state index contributed by atoms with van der Waals surface area (Å²) in [5, 5.41) is 2.81. The van der Waals surface area contributed by atoms with Crippen LogP contribution in [0.1, 0.15) is 57.8 Å². The van der Waals surface area contributed by atoms with E-state index in [0.29, 0.717) is 0 Å². The van der Waals surface area contributed by atoms with Gasteiger partial charge in [-0.1, -0.05) is 12.8 Å². The van der Waals surface area contributed by atoms with E-state index in [2.05, 4.69) is 10.3 Å². The normalized spacial score (nSPS) is 21.3. The molecule has 0 bridgehead atoms. The fraction of sp³-hybridized carbons (Fsp3) is 0.846. The Labute approximate surface area is 98.7 Å². The van der Waals surface area contributed by atoms with Gasteiger partial charge in [0.05, 0.1) is 0 Å². The van der Waals surface area contributed by atoms with Gasteiger partial charge in [-0.2, -0.15) is 0 Å². The molecule has 0 aromatic carbocycles. The van der Waals surface area contributed by atoms with Crippen LogP contribution in [0.15, 0.2) is 4.99 Å². The van der Waals surface area contributed by atoms with Gasteiger partial charge >= 0.3 is 0 Å². The van der Waals surface area contributed by atoms with Crippen molar-refractivity contribution in [2.45, 2.75) is 57.8 Å². The van der Waals surface area contributed by atoms with E-state index >= 15 is 0 Å². The third-order valence-electron chi connectivity index (χ3n) is 3.15. The topological polar surface area (TPSA) is 41.5 Å². The first-order valence-electron chi connectivity index (χ1n) is 6.54. The highest BCUT2D eigenvalue weighted by Gasteiger charge is 2.04. The van der Waals surface area contributed by atoms with Crippen molar-refractivity contribution in [2.24, 2.45) is 4.99 Å². The van der Waals surface area contributed by atoms with Crippen LogP contribution < -0.4 is 5.32 Å². The van der Waals surface area contributed by atoms with Crippen LogP contribution >= 0.6 is 0 Å². The fourth-order valence-corrected chi connectivity index (χ4v) is 2.09. The van der Waals surface area contributed by atoms with Gasteiger partial charge in [0.2, 0.25) is 5.91 Å². The van der Waals surface area contributed by atoms with Gasteiger partial charge in [-0.3, -0.25) is 9.79 Å². The summed E-state index contributed by atoms with van der Waals surface area (Å²) in [6.45, 7) is 0.888. The Balaban J connectivity index is 0.000000160. The summed E-state index contributed by atoms with van der Waals surface area (Å²) in [5.41, 5.74) is 1.43. The zero-order valence-electron chi connectivity index (χ0n) is 10.4. The first-order valence-corrected chi connectivity index (χ1v) is 6.54. The molecular formula is C13H24N2O. The number of carbonyl (C=O) groups is 1. The van der Waals surface area contributed by atoms with E-state index in [1.54, 1.807) is 0 Å². The molecule has 3 nitrogen and oxygen atoms in total. The average Bonchev–Trinajstić information content (AvgIpc) is 2.59. The number of carbonyl (C=O) groups excluding carboxylic acids is 1. The van der Waals surface area contributed by atoms with Gasteiger partial charge in [0.1, 0.15) is 0 Å². The second kappa shape index (κ2) is 8.31. The van der Waals surface area contributed by atoms with Crippen LogP contribution in [0.4, 0.5) is 0 Å². The van der Waals surface area contributed by atoms with Crippen molar-refractivity contribution < 1.29 is 4.79 Å². The molecule has 2 aliphatic rings. The minimum Gasteiger partial charge on any atom is -0.356 e. The van der Waals surface area contributed by atoms with E-state index < -0.39 is 0 Å². The van der Waals surface area contributed by atoms with Gasteiger partial charge in [0.15, 0.2) is 0 Å². The molecule has 0 unspecified atom stereocenters. The van der Waals surface area contributed by atoms with E-state index in [-0.39, 0.29) is 5.91 Å². The molecule has 1 aliphatic heterocycles. The Morgan fingerprint density at radius 3 is 2.19 bits per heavy atom. The standard InChI is InChI=1S/C7H13N.C6H11NO/c1-8-7-5-3-2-4-6-7;8-6-4-2-1-3-5-7-6/h2-6H2,1H3;1-5H2,(H,7,8). The molecular weight excluding hydrogens is 200 g/mol. The van der Waals surface area contributed by atoms with Crippen molar-refractivity contribution in [3.8, 4) is 0 Å². The van der Waals surface area contributed by atoms with Gasteiger partial charge in [-0.25, -0.2) is 0 Å². The summed E-state index contributed by atoms with van der Waals surface area (Å²) >= 11 is 0. The second-order valence-electron chi connectivity index (χ2n) is 4.51. The molecule has 16 heavy (non-hydrogen) atoms. The number of hydrogen-bond donors (Lipinski definition) is 1. The first kappa shape index (κ1) is 13.2. The maximum atomic E-state index is 10.6. The fourth-order valence-electron chi connectivity index (χ4n) is 2.09. The Morgan fingerprint density at radius 1 is 0.938 bits per heavy atom. The van der Waals surface area contributed by atoms with E-state index in [9.17, 15) is 4.79 Å². The first-order chi connectivity index (χ1) is 7.83. The smallest absolute Gasteiger partial charge is 0.219 e. The molecule has 1 heterocycles. The Kier molecular flexibility index (Phi) is 6.86. The second-order valence-corrected chi connectivity index (χ2v) is 4.51. The van der Waals surface area contributed by atoms with Gasteiger partial charge in [0, 0.05) is 25.7 Å². The highest BCUT2D eigenvalue weighted by Crippen LogP contribution is 2.13. The van der Waals surface area contributed by atoms with Crippen LogP contribution in [0.3, 0.4) is 0 Å². The largest absolute Gasteiger partial charge is 0.356 e. The van der Waals surface area contributed by atoms with Crippen LogP contribution in [0, 0.1) is 0 Å². The Morgan fingerprint density at radius 2 is 1.56 bits per heavy atom. The molecule has 1 saturated carbocycles. The summed E-state index contributed by atoms with van der Waals surface area (Å²) in [6.07, 6.45) is 10.8. The molecule has 2 fully saturated rings. The van der Waals surface area contributed by atoms with Crippen molar-refractivity contribution in [3.05, 3.63) is 0 Å². The zero-order valence-corrected chi connectivity index (χ0v) is 10.4. The Bertz CT molecular complexity index is 218. The van der Waals surface area contributed by atoms with E-state index in [0.717, 1.165) is 25.8 Å². The quantitative estimate of drug-likeness (QED) is 0.675. The third-order valence-corrected chi connectivity index (χ3v) is 3.15. The summed E-state index contributed by atoms with van der Waals surface area (Å²) < 4.78 is 0. The lowest BCUT2D eigenvalue weighted by Crippen LogP contribution is -2.21. The molecule has 1 N–H and O–H groups in total. The molecule has 0 atom stereocenters. The molecule has 2 rings (SSSR count). The minimum atomic E-state index is 0.225. The SMILES string of the molecule is CN=C1CCCCC1.O=C1CCCCCN1. The number of nitrogens with one attached hydrogen (secondary N) is 1. The molecule has 92 valence electrons. The lowest BCUT2D eigenvalue weighted by atomic mass is 9.99. The number of hydrogen-bond acceptors (Lipinski definition) is 2. The number of rotatable bonds is 0.